The lowest BCUT2D eigenvalue weighted by Crippen LogP contribution is -2.51. The van der Waals surface area contributed by atoms with Crippen molar-refractivity contribution in [2.24, 2.45) is 0 Å². The van der Waals surface area contributed by atoms with E-state index >= 15 is 0 Å². The van der Waals surface area contributed by atoms with Gasteiger partial charge in [-0.25, -0.2) is 9.59 Å². The first-order valence-electron chi connectivity index (χ1n) is 8.66. The molecule has 142 valence electrons. The number of aromatic nitrogens is 2. The number of carbonyl (C=O) groups is 3. The Labute approximate surface area is 155 Å². The van der Waals surface area contributed by atoms with E-state index in [-0.39, 0.29) is 24.2 Å². The van der Waals surface area contributed by atoms with E-state index in [1.807, 2.05) is 0 Å². The van der Waals surface area contributed by atoms with Gasteiger partial charge in [-0.3, -0.25) is 14.8 Å². The Morgan fingerprint density at radius 1 is 1.00 bits per heavy atom. The van der Waals surface area contributed by atoms with Crippen molar-refractivity contribution < 1.29 is 23.9 Å². The summed E-state index contributed by atoms with van der Waals surface area (Å²) in [6.07, 6.45) is 2.65. The van der Waals surface area contributed by atoms with E-state index in [2.05, 4.69) is 9.97 Å². The number of amides is 2. The minimum absolute atomic E-state index is 0.264. The van der Waals surface area contributed by atoms with Crippen molar-refractivity contribution in [3.05, 3.63) is 36.2 Å². The molecule has 0 spiro atoms. The summed E-state index contributed by atoms with van der Waals surface area (Å²) >= 11 is 0. The average molecular weight is 372 g/mol. The van der Waals surface area contributed by atoms with Crippen LogP contribution in [0.2, 0.25) is 0 Å². The van der Waals surface area contributed by atoms with Crippen molar-refractivity contribution in [3.8, 4) is 0 Å². The highest BCUT2D eigenvalue weighted by Gasteiger charge is 2.25. The van der Waals surface area contributed by atoms with Gasteiger partial charge in [0.1, 0.15) is 5.52 Å². The van der Waals surface area contributed by atoms with Gasteiger partial charge in [-0.15, -0.1) is 0 Å². The third kappa shape index (κ3) is 4.30. The molecule has 27 heavy (non-hydrogen) atoms. The minimum Gasteiger partial charge on any atom is -0.452 e. The fourth-order valence-corrected chi connectivity index (χ4v) is 2.81. The smallest absolute Gasteiger partial charge is 0.409 e. The van der Waals surface area contributed by atoms with Gasteiger partial charge < -0.3 is 19.3 Å². The average Bonchev–Trinajstić information content (AvgIpc) is 2.71. The summed E-state index contributed by atoms with van der Waals surface area (Å²) in [6.45, 7) is 3.20. The van der Waals surface area contributed by atoms with Crippen LogP contribution in [0.15, 0.2) is 30.6 Å². The molecule has 0 aliphatic carbocycles. The van der Waals surface area contributed by atoms with Crippen LogP contribution in [0.4, 0.5) is 4.79 Å². The predicted octanol–water partition coefficient (Wildman–Crippen LogP) is 1.09. The van der Waals surface area contributed by atoms with Gasteiger partial charge in [0.2, 0.25) is 0 Å². The van der Waals surface area contributed by atoms with E-state index in [1.165, 1.54) is 12.4 Å². The van der Waals surface area contributed by atoms with Gasteiger partial charge in [0.05, 0.1) is 17.7 Å². The Hall–Kier alpha value is -3.23. The molecule has 0 atom stereocenters. The van der Waals surface area contributed by atoms with Crippen LogP contribution < -0.4 is 0 Å². The molecule has 1 aromatic carbocycles. The second-order valence-corrected chi connectivity index (χ2v) is 5.87. The number of piperazine rings is 1. The Morgan fingerprint density at radius 2 is 1.70 bits per heavy atom. The van der Waals surface area contributed by atoms with Crippen molar-refractivity contribution in [2.45, 2.75) is 6.92 Å². The molecular weight excluding hydrogens is 352 g/mol. The molecule has 9 heteroatoms. The Morgan fingerprint density at radius 3 is 2.44 bits per heavy atom. The number of esters is 1. The van der Waals surface area contributed by atoms with Crippen LogP contribution in [-0.4, -0.2) is 77.1 Å². The standard InChI is InChI=1S/C18H20N4O5/c1-2-26-18(25)22-10-8-21(9-11-22)15(23)12-27-17(24)13-4-3-5-14-16(13)20-7-6-19-14/h3-7H,2,8-12H2,1H3. The van der Waals surface area contributed by atoms with Gasteiger partial charge in [-0.2, -0.15) is 0 Å². The van der Waals surface area contributed by atoms with Gasteiger partial charge in [-0.1, -0.05) is 6.07 Å². The second kappa shape index (κ2) is 8.43. The van der Waals surface area contributed by atoms with Gasteiger partial charge in [0, 0.05) is 38.6 Å². The molecule has 0 radical (unpaired) electrons. The molecule has 1 fully saturated rings. The fourth-order valence-electron chi connectivity index (χ4n) is 2.81. The summed E-state index contributed by atoms with van der Waals surface area (Å²) in [4.78, 5) is 47.7. The van der Waals surface area contributed by atoms with Gasteiger partial charge in [-0.05, 0) is 19.1 Å². The van der Waals surface area contributed by atoms with E-state index in [0.29, 0.717) is 43.8 Å². The number of rotatable bonds is 4. The number of hydrogen-bond acceptors (Lipinski definition) is 7. The van der Waals surface area contributed by atoms with Crippen LogP contribution in [0.1, 0.15) is 17.3 Å². The molecular formula is C18H20N4O5. The quantitative estimate of drug-likeness (QED) is 0.740. The highest BCUT2D eigenvalue weighted by Crippen LogP contribution is 2.15. The van der Waals surface area contributed by atoms with E-state index in [0.717, 1.165) is 0 Å². The highest BCUT2D eigenvalue weighted by atomic mass is 16.6. The Kier molecular flexibility index (Phi) is 5.80. The van der Waals surface area contributed by atoms with E-state index < -0.39 is 5.97 Å². The van der Waals surface area contributed by atoms with E-state index in [1.54, 1.807) is 34.9 Å². The topological polar surface area (TPSA) is 102 Å². The molecule has 3 rings (SSSR count). The molecule has 2 amide bonds. The van der Waals surface area contributed by atoms with Crippen molar-refractivity contribution in [1.82, 2.24) is 19.8 Å². The number of hydrogen-bond donors (Lipinski definition) is 0. The third-order valence-corrected chi connectivity index (χ3v) is 4.20. The van der Waals surface area contributed by atoms with Crippen molar-refractivity contribution in [1.29, 1.82) is 0 Å². The number of nitrogens with zero attached hydrogens (tertiary/aromatic N) is 4. The van der Waals surface area contributed by atoms with E-state index in [4.69, 9.17) is 9.47 Å². The molecule has 2 heterocycles. The first-order chi connectivity index (χ1) is 13.1. The van der Waals surface area contributed by atoms with Crippen LogP contribution in [0.25, 0.3) is 11.0 Å². The molecule has 1 saturated heterocycles. The molecule has 0 N–H and O–H groups in total. The lowest BCUT2D eigenvalue weighted by atomic mass is 10.2. The molecule has 2 aromatic rings. The van der Waals surface area contributed by atoms with Crippen molar-refractivity contribution in [3.63, 3.8) is 0 Å². The van der Waals surface area contributed by atoms with Crippen molar-refractivity contribution >= 4 is 29.0 Å². The van der Waals surface area contributed by atoms with Crippen LogP contribution in [0.3, 0.4) is 0 Å². The number of ether oxygens (including phenoxy) is 2. The summed E-state index contributed by atoms with van der Waals surface area (Å²) in [5.74, 6) is -0.933. The Bertz CT molecular complexity index is 843. The van der Waals surface area contributed by atoms with E-state index in [9.17, 15) is 14.4 Å². The summed E-state index contributed by atoms with van der Waals surface area (Å²) < 4.78 is 10.1. The maximum absolute atomic E-state index is 12.3. The molecule has 9 nitrogen and oxygen atoms in total. The van der Waals surface area contributed by atoms with Crippen LogP contribution in [0.5, 0.6) is 0 Å². The minimum atomic E-state index is -0.625. The predicted molar refractivity (Wildman–Crippen MR) is 95.0 cm³/mol. The van der Waals surface area contributed by atoms with Crippen LogP contribution in [-0.2, 0) is 14.3 Å². The van der Waals surface area contributed by atoms with Gasteiger partial charge >= 0.3 is 12.1 Å². The maximum atomic E-state index is 12.3. The number of fused-ring (bicyclic) bond motifs is 1. The molecule has 0 unspecified atom stereocenters. The first kappa shape index (κ1) is 18.6. The summed E-state index contributed by atoms with van der Waals surface area (Å²) in [7, 11) is 0. The van der Waals surface area contributed by atoms with Crippen LogP contribution in [0, 0.1) is 0 Å². The van der Waals surface area contributed by atoms with Gasteiger partial charge in [0.25, 0.3) is 5.91 Å². The number of benzene rings is 1. The maximum Gasteiger partial charge on any atom is 0.409 e. The third-order valence-electron chi connectivity index (χ3n) is 4.20. The SMILES string of the molecule is CCOC(=O)N1CCN(C(=O)COC(=O)c2cccc3nccnc23)CC1. The van der Waals surface area contributed by atoms with Crippen molar-refractivity contribution in [2.75, 3.05) is 39.4 Å². The first-order valence-corrected chi connectivity index (χ1v) is 8.66. The fraction of sp³-hybridized carbons (Fsp3) is 0.389. The zero-order valence-corrected chi connectivity index (χ0v) is 15.0. The summed E-state index contributed by atoms with van der Waals surface area (Å²) in [5.41, 5.74) is 1.27. The second-order valence-electron chi connectivity index (χ2n) is 5.87. The van der Waals surface area contributed by atoms with Crippen LogP contribution >= 0.6 is 0 Å². The monoisotopic (exact) mass is 372 g/mol. The lowest BCUT2D eigenvalue weighted by molar-refractivity contribution is -0.136. The van der Waals surface area contributed by atoms with Gasteiger partial charge in [0.15, 0.2) is 6.61 Å². The lowest BCUT2D eigenvalue weighted by Gasteiger charge is -2.33. The zero-order chi connectivity index (χ0) is 19.2. The molecule has 1 aliphatic rings. The number of para-hydroxylation sites is 1. The largest absolute Gasteiger partial charge is 0.452 e. The molecule has 0 bridgehead atoms. The summed E-state index contributed by atoms with van der Waals surface area (Å²) in [5, 5.41) is 0. The Balaban J connectivity index is 1.53. The number of carbonyl (C=O) groups excluding carboxylic acids is 3. The normalized spacial score (nSPS) is 14.1. The molecule has 1 aliphatic heterocycles. The highest BCUT2D eigenvalue weighted by molar-refractivity contribution is 6.02. The molecule has 0 saturated carbocycles. The molecule has 1 aromatic heterocycles. The zero-order valence-electron chi connectivity index (χ0n) is 15.0. The summed E-state index contributed by atoms with van der Waals surface area (Å²) in [6, 6.07) is 5.01.